The molecule has 0 aliphatic carbocycles. The maximum atomic E-state index is 13.2. The summed E-state index contributed by atoms with van der Waals surface area (Å²) in [6.07, 6.45) is 5.21. The molecule has 4 rings (SSSR count). The predicted octanol–water partition coefficient (Wildman–Crippen LogP) is 3.52. The topological polar surface area (TPSA) is 51.0 Å². The molecule has 5 heteroatoms. The Morgan fingerprint density at radius 1 is 1.07 bits per heavy atom. The molecule has 1 aliphatic rings. The summed E-state index contributed by atoms with van der Waals surface area (Å²) >= 11 is 0. The van der Waals surface area contributed by atoms with E-state index in [9.17, 15) is 4.79 Å². The highest BCUT2D eigenvalue weighted by atomic mass is 16.2. The zero-order valence-corrected chi connectivity index (χ0v) is 16.2. The van der Waals surface area contributed by atoms with Gasteiger partial charge in [-0.2, -0.15) is 5.10 Å². The monoisotopic (exact) mass is 374 g/mol. The Kier molecular flexibility index (Phi) is 5.24. The number of hydrogen-bond donors (Lipinski definition) is 0. The molecule has 3 aromatic rings. The molecule has 28 heavy (non-hydrogen) atoms. The van der Waals surface area contributed by atoms with E-state index in [0.717, 1.165) is 19.4 Å². The number of nitrogens with zero attached hydrogens (tertiary/aromatic N) is 4. The summed E-state index contributed by atoms with van der Waals surface area (Å²) in [4.78, 5) is 19.3. The number of hydrogen-bond acceptors (Lipinski definition) is 3. The van der Waals surface area contributed by atoms with Gasteiger partial charge in [-0.15, -0.1) is 0 Å². The van der Waals surface area contributed by atoms with Crippen LogP contribution >= 0.6 is 0 Å². The fourth-order valence-corrected chi connectivity index (χ4v) is 4.39. The standard InChI is InChI=1S/C23H26N4O/c1-19(15-27-18-24-17-25-27)22(28)26-14-8-13-23(16-26,20-9-4-2-5-10-20)21-11-6-3-7-12-21/h2-7,9-12,17-19H,8,13-16H2,1H3. The van der Waals surface area contributed by atoms with Crippen molar-refractivity contribution >= 4 is 5.91 Å². The Bertz CT molecular complexity index is 853. The summed E-state index contributed by atoms with van der Waals surface area (Å²) in [7, 11) is 0. The minimum absolute atomic E-state index is 0.135. The Morgan fingerprint density at radius 3 is 2.29 bits per heavy atom. The quantitative estimate of drug-likeness (QED) is 0.687. The maximum Gasteiger partial charge on any atom is 0.227 e. The molecular formula is C23H26N4O. The third kappa shape index (κ3) is 3.57. The van der Waals surface area contributed by atoms with Gasteiger partial charge >= 0.3 is 0 Å². The predicted molar refractivity (Wildman–Crippen MR) is 109 cm³/mol. The van der Waals surface area contributed by atoms with E-state index in [1.54, 1.807) is 11.0 Å². The largest absolute Gasteiger partial charge is 0.341 e. The number of carbonyl (C=O) groups excluding carboxylic acids is 1. The second kappa shape index (κ2) is 7.97. The van der Waals surface area contributed by atoms with E-state index in [1.807, 2.05) is 24.0 Å². The Balaban J connectivity index is 1.62. The fourth-order valence-electron chi connectivity index (χ4n) is 4.39. The van der Waals surface area contributed by atoms with E-state index >= 15 is 0 Å². The number of likely N-dealkylation sites (tertiary alicyclic amines) is 1. The van der Waals surface area contributed by atoms with Crippen molar-refractivity contribution in [3.63, 3.8) is 0 Å². The summed E-state index contributed by atoms with van der Waals surface area (Å²) in [5, 5.41) is 4.14. The van der Waals surface area contributed by atoms with Crippen LogP contribution in [0.4, 0.5) is 0 Å². The summed E-state index contributed by atoms with van der Waals surface area (Å²) < 4.78 is 1.73. The third-order valence-electron chi connectivity index (χ3n) is 5.81. The highest BCUT2D eigenvalue weighted by Gasteiger charge is 2.40. The van der Waals surface area contributed by atoms with Crippen LogP contribution in [0, 0.1) is 5.92 Å². The first kappa shape index (κ1) is 18.4. The Labute approximate surface area is 166 Å². The lowest BCUT2D eigenvalue weighted by Crippen LogP contribution is -2.50. The van der Waals surface area contributed by atoms with E-state index < -0.39 is 0 Å². The fraction of sp³-hybridized carbons (Fsp3) is 0.348. The van der Waals surface area contributed by atoms with Crippen LogP contribution in [0.3, 0.4) is 0 Å². The van der Waals surface area contributed by atoms with Gasteiger partial charge in [0.25, 0.3) is 0 Å². The molecule has 1 fully saturated rings. The minimum atomic E-state index is -0.163. The first-order valence-corrected chi connectivity index (χ1v) is 9.91. The van der Waals surface area contributed by atoms with Gasteiger partial charge in [0.1, 0.15) is 12.7 Å². The van der Waals surface area contributed by atoms with Crippen molar-refractivity contribution in [1.82, 2.24) is 19.7 Å². The van der Waals surface area contributed by atoms with E-state index in [0.29, 0.717) is 13.1 Å². The van der Waals surface area contributed by atoms with Gasteiger partial charge in [-0.1, -0.05) is 67.6 Å². The lowest BCUT2D eigenvalue weighted by Gasteiger charge is -2.44. The molecule has 2 heterocycles. The lowest BCUT2D eigenvalue weighted by molar-refractivity contribution is -0.137. The van der Waals surface area contributed by atoms with Crippen molar-refractivity contribution < 1.29 is 4.79 Å². The van der Waals surface area contributed by atoms with Crippen LogP contribution in [0.5, 0.6) is 0 Å². The van der Waals surface area contributed by atoms with Crippen LogP contribution in [-0.2, 0) is 16.8 Å². The van der Waals surface area contributed by atoms with Crippen LogP contribution in [0.2, 0.25) is 0 Å². The van der Waals surface area contributed by atoms with Crippen LogP contribution in [-0.4, -0.2) is 38.7 Å². The molecule has 0 N–H and O–H groups in total. The van der Waals surface area contributed by atoms with Crippen LogP contribution in [0.15, 0.2) is 73.3 Å². The molecule has 1 atom stereocenters. The van der Waals surface area contributed by atoms with Gasteiger partial charge in [0.15, 0.2) is 0 Å². The van der Waals surface area contributed by atoms with E-state index in [-0.39, 0.29) is 17.2 Å². The number of amides is 1. The van der Waals surface area contributed by atoms with Gasteiger partial charge in [0.2, 0.25) is 5.91 Å². The second-order valence-electron chi connectivity index (χ2n) is 7.70. The molecule has 144 valence electrons. The molecule has 1 amide bonds. The van der Waals surface area contributed by atoms with Crippen molar-refractivity contribution in [3.05, 3.63) is 84.4 Å². The lowest BCUT2D eigenvalue weighted by atomic mass is 9.69. The summed E-state index contributed by atoms with van der Waals surface area (Å²) in [5.74, 6) is 0.0514. The minimum Gasteiger partial charge on any atom is -0.341 e. The van der Waals surface area contributed by atoms with E-state index in [2.05, 4.69) is 58.6 Å². The van der Waals surface area contributed by atoms with Crippen LogP contribution in [0.1, 0.15) is 30.9 Å². The maximum absolute atomic E-state index is 13.2. The molecule has 1 unspecified atom stereocenters. The molecule has 5 nitrogen and oxygen atoms in total. The Morgan fingerprint density at radius 2 is 1.71 bits per heavy atom. The highest BCUT2D eigenvalue weighted by molar-refractivity contribution is 5.79. The van der Waals surface area contributed by atoms with E-state index in [4.69, 9.17) is 0 Å². The average Bonchev–Trinajstić information content (AvgIpc) is 3.27. The molecule has 0 spiro atoms. The molecule has 0 saturated carbocycles. The van der Waals surface area contributed by atoms with Crippen molar-refractivity contribution in [2.24, 2.45) is 5.92 Å². The summed E-state index contributed by atoms with van der Waals surface area (Å²) in [5.41, 5.74) is 2.40. The van der Waals surface area contributed by atoms with Gasteiger partial charge in [-0.25, -0.2) is 4.98 Å². The molecule has 0 bridgehead atoms. The number of carbonyl (C=O) groups is 1. The SMILES string of the molecule is CC(Cn1cncn1)C(=O)N1CCCC(c2ccccc2)(c2ccccc2)C1. The molecule has 0 radical (unpaired) electrons. The number of piperidine rings is 1. The van der Waals surface area contributed by atoms with Crippen LogP contribution < -0.4 is 0 Å². The van der Waals surface area contributed by atoms with Gasteiger partial charge in [0, 0.05) is 18.5 Å². The van der Waals surface area contributed by atoms with Crippen molar-refractivity contribution in [1.29, 1.82) is 0 Å². The average molecular weight is 374 g/mol. The van der Waals surface area contributed by atoms with Gasteiger partial charge in [-0.05, 0) is 24.0 Å². The molecule has 1 aromatic heterocycles. The van der Waals surface area contributed by atoms with Gasteiger partial charge in [-0.3, -0.25) is 9.48 Å². The normalized spacial score (nSPS) is 17.2. The third-order valence-corrected chi connectivity index (χ3v) is 5.81. The summed E-state index contributed by atoms with van der Waals surface area (Å²) in [6.45, 7) is 4.05. The van der Waals surface area contributed by atoms with Gasteiger partial charge in [0.05, 0.1) is 12.5 Å². The smallest absolute Gasteiger partial charge is 0.227 e. The molecule has 1 aliphatic heterocycles. The van der Waals surface area contributed by atoms with Crippen molar-refractivity contribution in [3.8, 4) is 0 Å². The highest BCUT2D eigenvalue weighted by Crippen LogP contribution is 2.40. The number of aromatic nitrogens is 3. The zero-order valence-electron chi connectivity index (χ0n) is 16.2. The van der Waals surface area contributed by atoms with Crippen molar-refractivity contribution in [2.75, 3.05) is 13.1 Å². The second-order valence-corrected chi connectivity index (χ2v) is 7.70. The number of rotatable bonds is 5. The van der Waals surface area contributed by atoms with E-state index in [1.165, 1.54) is 17.5 Å². The van der Waals surface area contributed by atoms with Crippen LogP contribution in [0.25, 0.3) is 0 Å². The van der Waals surface area contributed by atoms with Crippen molar-refractivity contribution in [2.45, 2.75) is 31.7 Å². The number of benzene rings is 2. The van der Waals surface area contributed by atoms with Gasteiger partial charge < -0.3 is 4.90 Å². The first-order valence-electron chi connectivity index (χ1n) is 9.91. The molecular weight excluding hydrogens is 348 g/mol. The zero-order chi connectivity index (χ0) is 19.4. The first-order chi connectivity index (χ1) is 13.7. The molecule has 2 aromatic carbocycles. The molecule has 1 saturated heterocycles. The summed E-state index contributed by atoms with van der Waals surface area (Å²) in [6, 6.07) is 21.2. The Hall–Kier alpha value is -2.95.